The first-order chi connectivity index (χ1) is 15.6. The Kier molecular flexibility index (Phi) is 8.37. The molecule has 6 nitrogen and oxygen atoms in total. The second-order valence-electron chi connectivity index (χ2n) is 7.47. The Hall–Kier alpha value is -3.67. The highest BCUT2D eigenvalue weighted by Crippen LogP contribution is 2.18. The fourth-order valence-electron chi connectivity index (χ4n) is 3.48. The van der Waals surface area contributed by atoms with Crippen molar-refractivity contribution in [2.75, 3.05) is 7.11 Å². The van der Waals surface area contributed by atoms with Crippen molar-refractivity contribution in [3.63, 3.8) is 0 Å². The van der Waals surface area contributed by atoms with Crippen LogP contribution in [0, 0.1) is 0 Å². The smallest absolute Gasteiger partial charge is 0.243 e. The molecule has 3 rings (SSSR count). The molecule has 1 aromatic heterocycles. The lowest BCUT2D eigenvalue weighted by molar-refractivity contribution is -0.141. The Labute approximate surface area is 189 Å². The highest BCUT2D eigenvalue weighted by molar-refractivity contribution is 5.87. The molecule has 2 aromatic carbocycles. The lowest BCUT2D eigenvalue weighted by Crippen LogP contribution is -2.50. The Morgan fingerprint density at radius 3 is 2.31 bits per heavy atom. The third-order valence-electron chi connectivity index (χ3n) is 5.26. The van der Waals surface area contributed by atoms with Gasteiger partial charge in [0.2, 0.25) is 11.8 Å². The topological polar surface area (TPSA) is 71.5 Å². The zero-order valence-corrected chi connectivity index (χ0v) is 18.5. The third-order valence-corrected chi connectivity index (χ3v) is 5.26. The number of ether oxygens (including phenoxy) is 1. The second kappa shape index (κ2) is 11.6. The molecule has 0 aliphatic carbocycles. The molecule has 32 heavy (non-hydrogen) atoms. The average Bonchev–Trinajstić information content (AvgIpc) is 2.85. The number of hydrogen-bond acceptors (Lipinski definition) is 4. The molecule has 3 aromatic rings. The number of pyridine rings is 1. The second-order valence-corrected chi connectivity index (χ2v) is 7.47. The van der Waals surface area contributed by atoms with Gasteiger partial charge in [-0.25, -0.2) is 0 Å². The Balaban J connectivity index is 1.85. The SMILES string of the molecule is CCC(=O)N(Cc1ccc(OC)cc1)[C@H](Cc1ccccc1)C(=O)NCc1ccccn1. The standard InChI is InChI=1S/C26H29N3O3/c1-3-25(30)29(19-21-12-14-23(32-2)15-13-21)24(17-20-9-5-4-6-10-20)26(31)28-18-22-11-7-8-16-27-22/h4-16,24H,3,17-19H2,1-2H3,(H,28,31)/t24-/m1/s1. The van der Waals surface area contributed by atoms with Crippen LogP contribution in [0.4, 0.5) is 0 Å². The summed E-state index contributed by atoms with van der Waals surface area (Å²) in [6, 6.07) is 22.2. The van der Waals surface area contributed by atoms with Gasteiger partial charge in [-0.3, -0.25) is 14.6 Å². The zero-order valence-electron chi connectivity index (χ0n) is 18.5. The Bertz CT molecular complexity index is 992. The van der Waals surface area contributed by atoms with E-state index in [1.54, 1.807) is 18.2 Å². The van der Waals surface area contributed by atoms with E-state index in [2.05, 4.69) is 10.3 Å². The summed E-state index contributed by atoms with van der Waals surface area (Å²) in [6.07, 6.45) is 2.44. The van der Waals surface area contributed by atoms with Gasteiger partial charge in [0.25, 0.3) is 0 Å². The summed E-state index contributed by atoms with van der Waals surface area (Å²) in [4.78, 5) is 32.2. The summed E-state index contributed by atoms with van der Waals surface area (Å²) in [5.41, 5.74) is 2.69. The monoisotopic (exact) mass is 431 g/mol. The number of benzene rings is 2. The summed E-state index contributed by atoms with van der Waals surface area (Å²) < 4.78 is 5.23. The first kappa shape index (κ1) is 23.0. The normalized spacial score (nSPS) is 11.4. The number of nitrogens with zero attached hydrogens (tertiary/aromatic N) is 2. The maximum absolute atomic E-state index is 13.3. The number of rotatable bonds is 10. The minimum atomic E-state index is -0.643. The lowest BCUT2D eigenvalue weighted by atomic mass is 10.0. The number of methoxy groups -OCH3 is 1. The molecule has 0 aliphatic heterocycles. The summed E-state index contributed by atoms with van der Waals surface area (Å²) in [7, 11) is 1.61. The van der Waals surface area contributed by atoms with E-state index >= 15 is 0 Å². The fourth-order valence-corrected chi connectivity index (χ4v) is 3.48. The van der Waals surface area contributed by atoms with Crippen LogP contribution in [0.2, 0.25) is 0 Å². The van der Waals surface area contributed by atoms with E-state index in [9.17, 15) is 9.59 Å². The van der Waals surface area contributed by atoms with E-state index in [1.165, 1.54) is 0 Å². The van der Waals surface area contributed by atoms with E-state index in [0.29, 0.717) is 25.9 Å². The van der Waals surface area contributed by atoms with Crippen LogP contribution >= 0.6 is 0 Å². The quantitative estimate of drug-likeness (QED) is 0.531. The van der Waals surface area contributed by atoms with Crippen LogP contribution in [-0.2, 0) is 29.1 Å². The molecule has 0 saturated carbocycles. The van der Waals surface area contributed by atoms with Gasteiger partial charge >= 0.3 is 0 Å². The van der Waals surface area contributed by atoms with E-state index < -0.39 is 6.04 Å². The van der Waals surface area contributed by atoms with E-state index in [1.807, 2.05) is 79.7 Å². The highest BCUT2D eigenvalue weighted by atomic mass is 16.5. The highest BCUT2D eigenvalue weighted by Gasteiger charge is 2.29. The first-order valence-electron chi connectivity index (χ1n) is 10.7. The molecule has 1 heterocycles. The number of hydrogen-bond donors (Lipinski definition) is 1. The molecule has 0 unspecified atom stereocenters. The van der Waals surface area contributed by atoms with Crippen molar-refractivity contribution in [1.82, 2.24) is 15.2 Å². The minimum absolute atomic E-state index is 0.0743. The van der Waals surface area contributed by atoms with Gasteiger partial charge < -0.3 is 15.0 Å². The zero-order chi connectivity index (χ0) is 22.8. The molecule has 1 N–H and O–H groups in total. The number of carbonyl (C=O) groups excluding carboxylic acids is 2. The van der Waals surface area contributed by atoms with Crippen molar-refractivity contribution >= 4 is 11.8 Å². The molecular formula is C26H29N3O3. The average molecular weight is 432 g/mol. The molecule has 1 atom stereocenters. The van der Waals surface area contributed by atoms with Crippen LogP contribution in [0.1, 0.15) is 30.2 Å². The molecule has 2 amide bonds. The van der Waals surface area contributed by atoms with Gasteiger partial charge in [-0.15, -0.1) is 0 Å². The molecule has 6 heteroatoms. The molecule has 0 aliphatic rings. The number of aromatic nitrogens is 1. The van der Waals surface area contributed by atoms with Crippen molar-refractivity contribution in [1.29, 1.82) is 0 Å². The summed E-state index contributed by atoms with van der Waals surface area (Å²) in [5, 5.41) is 2.97. The van der Waals surface area contributed by atoms with Crippen molar-refractivity contribution in [2.24, 2.45) is 0 Å². The van der Waals surface area contributed by atoms with Crippen LogP contribution in [0.5, 0.6) is 5.75 Å². The van der Waals surface area contributed by atoms with Crippen LogP contribution in [0.25, 0.3) is 0 Å². The Morgan fingerprint density at radius 2 is 1.69 bits per heavy atom. The largest absolute Gasteiger partial charge is 0.497 e. The summed E-state index contributed by atoms with van der Waals surface area (Å²) in [5.74, 6) is 0.473. The summed E-state index contributed by atoms with van der Waals surface area (Å²) >= 11 is 0. The van der Waals surface area contributed by atoms with Crippen molar-refractivity contribution < 1.29 is 14.3 Å². The first-order valence-corrected chi connectivity index (χ1v) is 10.7. The van der Waals surface area contributed by atoms with Crippen LogP contribution in [0.15, 0.2) is 79.0 Å². The lowest BCUT2D eigenvalue weighted by Gasteiger charge is -2.31. The van der Waals surface area contributed by atoms with Gasteiger partial charge in [-0.2, -0.15) is 0 Å². The van der Waals surface area contributed by atoms with Crippen molar-refractivity contribution in [3.8, 4) is 5.75 Å². The molecule has 0 saturated heterocycles. The van der Waals surface area contributed by atoms with Crippen LogP contribution in [0.3, 0.4) is 0 Å². The predicted octanol–water partition coefficient (Wildman–Crippen LogP) is 3.76. The molecule has 166 valence electrons. The maximum atomic E-state index is 13.3. The van der Waals surface area contributed by atoms with Gasteiger partial charge in [0, 0.05) is 25.6 Å². The predicted molar refractivity (Wildman–Crippen MR) is 124 cm³/mol. The summed E-state index contributed by atoms with van der Waals surface area (Å²) in [6.45, 7) is 2.46. The molecular weight excluding hydrogens is 402 g/mol. The fraction of sp³-hybridized carbons (Fsp3) is 0.269. The van der Waals surface area contributed by atoms with E-state index in [4.69, 9.17) is 4.74 Å². The van der Waals surface area contributed by atoms with Gasteiger partial charge in [0.05, 0.1) is 19.3 Å². The Morgan fingerprint density at radius 1 is 0.969 bits per heavy atom. The van der Waals surface area contributed by atoms with E-state index in [0.717, 1.165) is 22.6 Å². The minimum Gasteiger partial charge on any atom is -0.497 e. The van der Waals surface area contributed by atoms with Crippen molar-refractivity contribution in [3.05, 3.63) is 95.8 Å². The van der Waals surface area contributed by atoms with Gasteiger partial charge in [-0.1, -0.05) is 55.5 Å². The molecule has 0 spiro atoms. The molecule has 0 radical (unpaired) electrons. The molecule has 0 fully saturated rings. The van der Waals surface area contributed by atoms with Gasteiger partial charge in [0.15, 0.2) is 0 Å². The maximum Gasteiger partial charge on any atom is 0.243 e. The molecule has 0 bridgehead atoms. The number of nitrogens with one attached hydrogen (secondary N) is 1. The third kappa shape index (κ3) is 6.41. The number of carbonyl (C=O) groups is 2. The van der Waals surface area contributed by atoms with Crippen molar-refractivity contribution in [2.45, 2.75) is 38.9 Å². The van der Waals surface area contributed by atoms with Gasteiger partial charge in [0.1, 0.15) is 11.8 Å². The van der Waals surface area contributed by atoms with E-state index in [-0.39, 0.29) is 11.8 Å². The van der Waals surface area contributed by atoms with Gasteiger partial charge in [-0.05, 0) is 35.4 Å². The number of amides is 2. The van der Waals surface area contributed by atoms with Crippen LogP contribution in [-0.4, -0.2) is 34.8 Å². The van der Waals surface area contributed by atoms with Crippen LogP contribution < -0.4 is 10.1 Å².